The molecule has 2 amide bonds. The molecule has 116 valence electrons. The molecule has 1 rings (SSSR count). The highest BCUT2D eigenvalue weighted by Gasteiger charge is 2.19. The Balaban J connectivity index is 2.41. The normalized spacial score (nSPS) is 10.2. The van der Waals surface area contributed by atoms with Crippen molar-refractivity contribution in [3.8, 4) is 5.75 Å². The Kier molecular flexibility index (Phi) is 7.29. The molecule has 0 aliphatic rings. The fourth-order valence-corrected chi connectivity index (χ4v) is 2.06. The van der Waals surface area contributed by atoms with E-state index in [1.54, 1.807) is 29.2 Å². The van der Waals surface area contributed by atoms with Gasteiger partial charge in [-0.1, -0.05) is 26.0 Å². The third-order valence-electron chi connectivity index (χ3n) is 3.10. The third kappa shape index (κ3) is 5.85. The maximum atomic E-state index is 12.0. The number of phenolic OH excluding ortho intramolecular Hbond substituents is 1. The summed E-state index contributed by atoms with van der Waals surface area (Å²) in [5, 5.41) is 11.8. The van der Waals surface area contributed by atoms with Gasteiger partial charge in [-0.05, 0) is 37.0 Å². The lowest BCUT2D eigenvalue weighted by Crippen LogP contribution is -2.44. The van der Waals surface area contributed by atoms with Crippen molar-refractivity contribution in [3.63, 3.8) is 0 Å². The molecular weight excluding hydrogens is 268 g/mol. The predicted molar refractivity (Wildman–Crippen MR) is 82.0 cm³/mol. The summed E-state index contributed by atoms with van der Waals surface area (Å²) in [6, 6.07) is 6.80. The first-order chi connectivity index (χ1) is 10.1. The molecule has 0 atom stereocenters. The highest BCUT2D eigenvalue weighted by atomic mass is 16.3. The van der Waals surface area contributed by atoms with E-state index in [2.05, 4.69) is 5.32 Å². The van der Waals surface area contributed by atoms with E-state index >= 15 is 0 Å². The number of benzene rings is 1. The number of phenols is 1. The summed E-state index contributed by atoms with van der Waals surface area (Å²) in [5.41, 5.74) is 1.000. The molecule has 1 aromatic carbocycles. The minimum absolute atomic E-state index is 0.215. The molecular formula is C16H24N2O3. The minimum Gasteiger partial charge on any atom is -0.508 e. The van der Waals surface area contributed by atoms with Gasteiger partial charge in [0.2, 0.25) is 0 Å². The Morgan fingerprint density at radius 1 is 1.10 bits per heavy atom. The standard InChI is InChI=1S/C16H24N2O3/c1-3-11-18(12-4-2)16(21)15(20)17-10-9-13-5-7-14(19)8-6-13/h5-8,19H,3-4,9-12H2,1-2H3,(H,17,20). The van der Waals surface area contributed by atoms with E-state index in [9.17, 15) is 14.7 Å². The number of carbonyl (C=O) groups excluding carboxylic acids is 2. The van der Waals surface area contributed by atoms with Gasteiger partial charge in [0.1, 0.15) is 5.75 Å². The summed E-state index contributed by atoms with van der Waals surface area (Å²) in [6.07, 6.45) is 2.31. The number of aromatic hydroxyl groups is 1. The van der Waals surface area contributed by atoms with E-state index in [1.807, 2.05) is 13.8 Å². The molecule has 0 radical (unpaired) electrons. The summed E-state index contributed by atoms with van der Waals surface area (Å²) in [5.74, 6) is -0.784. The number of amides is 2. The molecule has 5 heteroatoms. The summed E-state index contributed by atoms with van der Waals surface area (Å²) >= 11 is 0. The lowest BCUT2D eigenvalue weighted by Gasteiger charge is -2.20. The number of carbonyl (C=O) groups is 2. The van der Waals surface area contributed by atoms with Crippen LogP contribution >= 0.6 is 0 Å². The average molecular weight is 292 g/mol. The molecule has 0 aromatic heterocycles. The van der Waals surface area contributed by atoms with Crippen molar-refractivity contribution >= 4 is 11.8 Å². The number of nitrogens with zero attached hydrogens (tertiary/aromatic N) is 1. The first-order valence-corrected chi connectivity index (χ1v) is 7.43. The smallest absolute Gasteiger partial charge is 0.311 e. The van der Waals surface area contributed by atoms with Gasteiger partial charge in [0.15, 0.2) is 0 Å². The second kappa shape index (κ2) is 9.00. The van der Waals surface area contributed by atoms with Gasteiger partial charge in [-0.2, -0.15) is 0 Å². The van der Waals surface area contributed by atoms with Crippen LogP contribution in [0.4, 0.5) is 0 Å². The van der Waals surface area contributed by atoms with Gasteiger partial charge in [-0.25, -0.2) is 0 Å². The molecule has 5 nitrogen and oxygen atoms in total. The zero-order valence-corrected chi connectivity index (χ0v) is 12.8. The lowest BCUT2D eigenvalue weighted by molar-refractivity contribution is -0.145. The largest absolute Gasteiger partial charge is 0.508 e. The molecule has 0 fully saturated rings. The molecule has 0 bridgehead atoms. The van der Waals surface area contributed by atoms with Crippen LogP contribution in [0.3, 0.4) is 0 Å². The summed E-state index contributed by atoms with van der Waals surface area (Å²) < 4.78 is 0. The fourth-order valence-electron chi connectivity index (χ4n) is 2.06. The number of nitrogens with one attached hydrogen (secondary N) is 1. The Bertz CT molecular complexity index is 451. The lowest BCUT2D eigenvalue weighted by atomic mass is 10.1. The fraction of sp³-hybridized carbons (Fsp3) is 0.500. The van der Waals surface area contributed by atoms with Crippen LogP contribution < -0.4 is 5.32 Å². The van der Waals surface area contributed by atoms with E-state index in [0.29, 0.717) is 26.1 Å². The summed E-state index contributed by atoms with van der Waals surface area (Å²) in [4.78, 5) is 25.4. The number of hydrogen-bond donors (Lipinski definition) is 2. The highest BCUT2D eigenvalue weighted by molar-refractivity contribution is 6.35. The Morgan fingerprint density at radius 3 is 2.19 bits per heavy atom. The second-order valence-electron chi connectivity index (χ2n) is 4.96. The van der Waals surface area contributed by atoms with E-state index < -0.39 is 11.8 Å². The van der Waals surface area contributed by atoms with Crippen LogP contribution in [0.15, 0.2) is 24.3 Å². The quantitative estimate of drug-likeness (QED) is 0.752. The van der Waals surface area contributed by atoms with Crippen LogP contribution in [0.2, 0.25) is 0 Å². The molecule has 0 aliphatic heterocycles. The van der Waals surface area contributed by atoms with Gasteiger partial charge in [0, 0.05) is 19.6 Å². The van der Waals surface area contributed by atoms with Crippen molar-refractivity contribution in [3.05, 3.63) is 29.8 Å². The van der Waals surface area contributed by atoms with Gasteiger partial charge in [-0.15, -0.1) is 0 Å². The molecule has 21 heavy (non-hydrogen) atoms. The predicted octanol–water partition coefficient (Wildman–Crippen LogP) is 1.70. The van der Waals surface area contributed by atoms with Crippen LogP contribution in [0, 0.1) is 0 Å². The van der Waals surface area contributed by atoms with Crippen LogP contribution in [-0.4, -0.2) is 41.5 Å². The minimum atomic E-state index is -0.546. The summed E-state index contributed by atoms with van der Waals surface area (Å²) in [6.45, 7) is 5.59. The van der Waals surface area contributed by atoms with Crippen molar-refractivity contribution in [2.24, 2.45) is 0 Å². The van der Waals surface area contributed by atoms with Gasteiger partial charge >= 0.3 is 11.8 Å². The van der Waals surface area contributed by atoms with Crippen LogP contribution in [0.5, 0.6) is 5.75 Å². The highest BCUT2D eigenvalue weighted by Crippen LogP contribution is 2.09. The SMILES string of the molecule is CCCN(CCC)C(=O)C(=O)NCCc1ccc(O)cc1. The Morgan fingerprint density at radius 2 is 1.67 bits per heavy atom. The number of hydrogen-bond acceptors (Lipinski definition) is 3. The number of rotatable bonds is 7. The average Bonchev–Trinajstić information content (AvgIpc) is 2.48. The van der Waals surface area contributed by atoms with Crippen molar-refractivity contribution < 1.29 is 14.7 Å². The Labute approximate surface area is 126 Å². The van der Waals surface area contributed by atoms with Gasteiger partial charge < -0.3 is 15.3 Å². The van der Waals surface area contributed by atoms with Crippen LogP contribution in [0.25, 0.3) is 0 Å². The van der Waals surface area contributed by atoms with Crippen molar-refractivity contribution in [1.29, 1.82) is 0 Å². The molecule has 0 aliphatic carbocycles. The molecule has 0 saturated heterocycles. The first kappa shape index (κ1) is 17.0. The molecule has 0 heterocycles. The molecule has 2 N–H and O–H groups in total. The maximum absolute atomic E-state index is 12.0. The van der Waals surface area contributed by atoms with Gasteiger partial charge in [0.25, 0.3) is 0 Å². The topological polar surface area (TPSA) is 69.6 Å². The monoisotopic (exact) mass is 292 g/mol. The molecule has 0 saturated carbocycles. The van der Waals surface area contributed by atoms with E-state index in [4.69, 9.17) is 0 Å². The Hall–Kier alpha value is -2.04. The van der Waals surface area contributed by atoms with Crippen molar-refractivity contribution in [2.75, 3.05) is 19.6 Å². The third-order valence-corrected chi connectivity index (χ3v) is 3.10. The zero-order valence-electron chi connectivity index (χ0n) is 12.8. The van der Waals surface area contributed by atoms with Crippen LogP contribution in [0.1, 0.15) is 32.3 Å². The summed E-state index contributed by atoms with van der Waals surface area (Å²) in [7, 11) is 0. The van der Waals surface area contributed by atoms with Gasteiger partial charge in [-0.3, -0.25) is 9.59 Å². The van der Waals surface area contributed by atoms with E-state index in [1.165, 1.54) is 0 Å². The second-order valence-corrected chi connectivity index (χ2v) is 4.96. The van der Waals surface area contributed by atoms with E-state index in [-0.39, 0.29) is 5.75 Å². The van der Waals surface area contributed by atoms with E-state index in [0.717, 1.165) is 18.4 Å². The molecule has 0 unspecified atom stereocenters. The zero-order chi connectivity index (χ0) is 15.7. The molecule has 0 spiro atoms. The van der Waals surface area contributed by atoms with Crippen molar-refractivity contribution in [2.45, 2.75) is 33.1 Å². The van der Waals surface area contributed by atoms with Crippen molar-refractivity contribution in [1.82, 2.24) is 10.2 Å². The maximum Gasteiger partial charge on any atom is 0.311 e. The van der Waals surface area contributed by atoms with Gasteiger partial charge in [0.05, 0.1) is 0 Å². The van der Waals surface area contributed by atoms with Crippen LogP contribution in [-0.2, 0) is 16.0 Å². The molecule has 1 aromatic rings. The first-order valence-electron chi connectivity index (χ1n) is 7.43.